The molecule has 0 aliphatic heterocycles. The highest BCUT2D eigenvalue weighted by Crippen LogP contribution is 2.22. The van der Waals surface area contributed by atoms with Gasteiger partial charge in [-0.1, -0.05) is 19.3 Å². The number of hydrogen-bond donors (Lipinski definition) is 1. The monoisotopic (exact) mass is 312 g/mol. The van der Waals surface area contributed by atoms with Gasteiger partial charge in [-0.2, -0.15) is 8.78 Å². The van der Waals surface area contributed by atoms with Crippen LogP contribution in [0.1, 0.15) is 32.1 Å². The van der Waals surface area contributed by atoms with E-state index in [2.05, 4.69) is 10.1 Å². The molecule has 22 heavy (non-hydrogen) atoms. The number of amides is 1. The van der Waals surface area contributed by atoms with E-state index in [1.54, 1.807) is 12.1 Å². The summed E-state index contributed by atoms with van der Waals surface area (Å²) in [5.41, 5.74) is 0.701. The number of anilines is 1. The Morgan fingerprint density at radius 2 is 1.91 bits per heavy atom. The van der Waals surface area contributed by atoms with E-state index in [9.17, 15) is 13.6 Å². The second-order valence-electron chi connectivity index (χ2n) is 5.55. The number of alkyl halides is 2. The first kappa shape index (κ1) is 16.5. The number of nitrogens with zero attached hydrogens (tertiary/aromatic N) is 1. The minimum atomic E-state index is -2.83. The fourth-order valence-corrected chi connectivity index (χ4v) is 2.73. The third-order valence-corrected chi connectivity index (χ3v) is 4.04. The van der Waals surface area contributed by atoms with Crippen molar-refractivity contribution in [1.82, 2.24) is 4.90 Å². The number of carbonyl (C=O) groups is 1. The predicted molar refractivity (Wildman–Crippen MR) is 81.2 cm³/mol. The topological polar surface area (TPSA) is 41.6 Å². The van der Waals surface area contributed by atoms with Crippen molar-refractivity contribution < 1.29 is 18.3 Å². The van der Waals surface area contributed by atoms with Gasteiger partial charge in [0.1, 0.15) is 5.75 Å². The van der Waals surface area contributed by atoms with Crippen molar-refractivity contribution in [3.05, 3.63) is 24.3 Å². The predicted octanol–water partition coefficient (Wildman–Crippen LogP) is 3.49. The zero-order chi connectivity index (χ0) is 15.9. The van der Waals surface area contributed by atoms with Gasteiger partial charge in [-0.25, -0.2) is 0 Å². The molecule has 0 unspecified atom stereocenters. The quantitative estimate of drug-likeness (QED) is 0.874. The fourth-order valence-electron chi connectivity index (χ4n) is 2.73. The molecule has 1 fully saturated rings. The van der Waals surface area contributed by atoms with E-state index >= 15 is 0 Å². The SMILES string of the molecule is CN(C(=O)CNc1ccc(OC(F)F)cc1)C1CCCCC1. The summed E-state index contributed by atoms with van der Waals surface area (Å²) in [5, 5.41) is 3.01. The highest BCUT2D eigenvalue weighted by Gasteiger charge is 2.21. The highest BCUT2D eigenvalue weighted by atomic mass is 19.3. The number of hydrogen-bond acceptors (Lipinski definition) is 3. The van der Waals surface area contributed by atoms with Crippen LogP contribution in [-0.2, 0) is 4.79 Å². The third-order valence-electron chi connectivity index (χ3n) is 4.04. The van der Waals surface area contributed by atoms with Crippen molar-refractivity contribution in [2.45, 2.75) is 44.8 Å². The molecular formula is C16H22F2N2O2. The molecule has 1 aromatic carbocycles. The number of halogens is 2. The Morgan fingerprint density at radius 3 is 2.50 bits per heavy atom. The van der Waals surface area contributed by atoms with E-state index in [0.29, 0.717) is 11.7 Å². The summed E-state index contributed by atoms with van der Waals surface area (Å²) in [5.74, 6) is 0.144. The van der Waals surface area contributed by atoms with Crippen molar-refractivity contribution in [1.29, 1.82) is 0 Å². The zero-order valence-corrected chi connectivity index (χ0v) is 12.7. The fraction of sp³-hybridized carbons (Fsp3) is 0.562. The number of nitrogens with one attached hydrogen (secondary N) is 1. The minimum Gasteiger partial charge on any atom is -0.435 e. The van der Waals surface area contributed by atoms with Gasteiger partial charge in [0.2, 0.25) is 5.91 Å². The summed E-state index contributed by atoms with van der Waals surface area (Å²) >= 11 is 0. The Kier molecular flexibility index (Phi) is 5.98. The molecule has 1 amide bonds. The summed E-state index contributed by atoms with van der Waals surface area (Å²) in [6, 6.07) is 6.47. The molecule has 1 N–H and O–H groups in total. The van der Waals surface area contributed by atoms with Crippen LogP contribution in [0.15, 0.2) is 24.3 Å². The molecular weight excluding hydrogens is 290 g/mol. The van der Waals surface area contributed by atoms with Gasteiger partial charge >= 0.3 is 6.61 Å². The second kappa shape index (κ2) is 7.96. The van der Waals surface area contributed by atoms with E-state index in [0.717, 1.165) is 12.8 Å². The molecule has 122 valence electrons. The van der Waals surface area contributed by atoms with Gasteiger partial charge in [-0.15, -0.1) is 0 Å². The lowest BCUT2D eigenvalue weighted by Crippen LogP contribution is -2.41. The Hall–Kier alpha value is -1.85. The van der Waals surface area contributed by atoms with Crippen LogP contribution in [0, 0.1) is 0 Å². The van der Waals surface area contributed by atoms with Crippen molar-refractivity contribution in [2.75, 3.05) is 18.9 Å². The van der Waals surface area contributed by atoms with Gasteiger partial charge < -0.3 is 15.0 Å². The van der Waals surface area contributed by atoms with Gasteiger partial charge in [0, 0.05) is 18.8 Å². The Labute approximate surface area is 129 Å². The molecule has 1 aromatic rings. The molecule has 4 nitrogen and oxygen atoms in total. The smallest absolute Gasteiger partial charge is 0.387 e. The number of likely N-dealkylation sites (N-methyl/N-ethyl adjacent to an activating group) is 1. The van der Waals surface area contributed by atoms with Crippen LogP contribution in [0.2, 0.25) is 0 Å². The summed E-state index contributed by atoms with van der Waals surface area (Å²) in [4.78, 5) is 14.0. The first-order valence-corrected chi connectivity index (χ1v) is 7.60. The Balaban J connectivity index is 1.80. The molecule has 6 heteroatoms. The van der Waals surface area contributed by atoms with Crippen molar-refractivity contribution in [3.63, 3.8) is 0 Å². The normalized spacial score (nSPS) is 15.6. The molecule has 1 aliphatic carbocycles. The van der Waals surface area contributed by atoms with E-state index in [4.69, 9.17) is 0 Å². The first-order valence-electron chi connectivity index (χ1n) is 7.60. The number of benzene rings is 1. The summed E-state index contributed by atoms with van der Waals surface area (Å²) < 4.78 is 28.4. The largest absolute Gasteiger partial charge is 0.435 e. The van der Waals surface area contributed by atoms with Crippen LogP contribution in [0.3, 0.4) is 0 Å². The molecule has 0 saturated heterocycles. The van der Waals surface area contributed by atoms with Gasteiger partial charge in [0.05, 0.1) is 6.54 Å². The van der Waals surface area contributed by atoms with Crippen LogP contribution >= 0.6 is 0 Å². The van der Waals surface area contributed by atoms with Gasteiger partial charge in [0.15, 0.2) is 0 Å². The second-order valence-corrected chi connectivity index (χ2v) is 5.55. The minimum absolute atomic E-state index is 0.0415. The van der Waals surface area contributed by atoms with Gasteiger partial charge in [-0.05, 0) is 37.1 Å². The molecule has 2 rings (SSSR count). The number of carbonyl (C=O) groups excluding carboxylic acids is 1. The van der Waals surface area contributed by atoms with E-state index in [-0.39, 0.29) is 18.2 Å². The molecule has 1 saturated carbocycles. The van der Waals surface area contributed by atoms with E-state index < -0.39 is 6.61 Å². The molecule has 0 aromatic heterocycles. The molecule has 0 heterocycles. The average Bonchev–Trinajstić information content (AvgIpc) is 2.53. The van der Waals surface area contributed by atoms with E-state index in [1.807, 2.05) is 11.9 Å². The van der Waals surface area contributed by atoms with Crippen LogP contribution in [0.25, 0.3) is 0 Å². The molecule has 0 spiro atoms. The van der Waals surface area contributed by atoms with Crippen LogP contribution in [-0.4, -0.2) is 37.1 Å². The molecule has 0 radical (unpaired) electrons. The van der Waals surface area contributed by atoms with E-state index in [1.165, 1.54) is 31.4 Å². The summed E-state index contributed by atoms with van der Waals surface area (Å²) in [6.45, 7) is -2.63. The third kappa shape index (κ3) is 4.86. The molecule has 0 bridgehead atoms. The van der Waals surface area contributed by atoms with Crippen LogP contribution in [0.4, 0.5) is 14.5 Å². The molecule has 1 aliphatic rings. The lowest BCUT2D eigenvalue weighted by Gasteiger charge is -2.31. The summed E-state index contributed by atoms with van der Waals surface area (Å²) in [6.07, 6.45) is 5.76. The lowest BCUT2D eigenvalue weighted by atomic mass is 9.94. The molecule has 0 atom stereocenters. The maximum absolute atomic E-state index is 12.2. The van der Waals surface area contributed by atoms with Crippen molar-refractivity contribution in [2.24, 2.45) is 0 Å². The van der Waals surface area contributed by atoms with Crippen LogP contribution in [0.5, 0.6) is 5.75 Å². The Bertz CT molecular complexity index is 474. The highest BCUT2D eigenvalue weighted by molar-refractivity contribution is 5.81. The lowest BCUT2D eigenvalue weighted by molar-refractivity contribution is -0.130. The van der Waals surface area contributed by atoms with Gasteiger partial charge in [0.25, 0.3) is 0 Å². The standard InChI is InChI=1S/C16H22F2N2O2/c1-20(13-5-3-2-4-6-13)15(21)11-19-12-7-9-14(10-8-12)22-16(17)18/h7-10,13,16,19H,2-6,11H2,1H3. The van der Waals surface area contributed by atoms with Crippen molar-refractivity contribution in [3.8, 4) is 5.75 Å². The first-order chi connectivity index (χ1) is 10.6. The maximum Gasteiger partial charge on any atom is 0.387 e. The zero-order valence-electron chi connectivity index (χ0n) is 12.7. The maximum atomic E-state index is 12.2. The number of rotatable bonds is 6. The summed E-state index contributed by atoms with van der Waals surface area (Å²) in [7, 11) is 1.85. The van der Waals surface area contributed by atoms with Crippen LogP contribution < -0.4 is 10.1 Å². The average molecular weight is 312 g/mol. The van der Waals surface area contributed by atoms with Gasteiger partial charge in [-0.3, -0.25) is 4.79 Å². The number of ether oxygens (including phenoxy) is 1. The van der Waals surface area contributed by atoms with Crippen molar-refractivity contribution >= 4 is 11.6 Å². The Morgan fingerprint density at radius 1 is 1.27 bits per heavy atom.